The summed E-state index contributed by atoms with van der Waals surface area (Å²) in [5.74, 6) is -1.86. The number of nitrogens with zero attached hydrogens (tertiary/aromatic N) is 6. The second kappa shape index (κ2) is 8.89. The van der Waals surface area contributed by atoms with Crippen LogP contribution in [0.2, 0.25) is 5.02 Å². The quantitative estimate of drug-likeness (QED) is 0.667. The smallest absolute Gasteiger partial charge is 0.437 e. The third kappa shape index (κ3) is 5.01. The van der Waals surface area contributed by atoms with Gasteiger partial charge in [0, 0.05) is 5.02 Å². The van der Waals surface area contributed by atoms with Gasteiger partial charge in [-0.25, -0.2) is 4.98 Å². The van der Waals surface area contributed by atoms with Crippen LogP contribution in [0.15, 0.2) is 51.3 Å². The van der Waals surface area contributed by atoms with Crippen molar-refractivity contribution >= 4 is 17.5 Å². The molecular formula is C19H14ClF3N6O3. The molecule has 1 aliphatic heterocycles. The lowest BCUT2D eigenvalue weighted by atomic mass is 10.2. The highest BCUT2D eigenvalue weighted by Gasteiger charge is 2.39. The molecule has 0 radical (unpaired) electrons. The lowest BCUT2D eigenvalue weighted by molar-refractivity contribution is -0.142. The average molecular weight is 467 g/mol. The Morgan fingerprint density at radius 2 is 1.97 bits per heavy atom. The molecule has 1 unspecified atom stereocenters. The molecule has 2 aromatic rings. The number of likely N-dealkylation sites (N-methyl/N-ethyl adjacent to an activating group) is 1. The van der Waals surface area contributed by atoms with E-state index in [0.29, 0.717) is 6.33 Å². The van der Waals surface area contributed by atoms with Crippen molar-refractivity contribution in [3.63, 3.8) is 0 Å². The number of hydrogen-bond acceptors (Lipinski definition) is 7. The molecule has 1 atom stereocenters. The SMILES string of the molecule is CN(C)C1C=C(Cn2cnc(C(F)(F)F)c(Oc3cc(Cl)cc(C#N)c3)c2=O)N=NC1=O. The Kier molecular flexibility index (Phi) is 6.42. The van der Waals surface area contributed by atoms with Crippen molar-refractivity contribution in [1.29, 1.82) is 5.26 Å². The van der Waals surface area contributed by atoms with Crippen molar-refractivity contribution in [2.75, 3.05) is 14.1 Å². The molecule has 1 aliphatic rings. The first-order chi connectivity index (χ1) is 15.0. The Bertz CT molecular complexity index is 1230. The molecule has 32 heavy (non-hydrogen) atoms. The minimum atomic E-state index is -4.99. The Morgan fingerprint density at radius 3 is 2.59 bits per heavy atom. The number of rotatable bonds is 5. The standard InChI is InChI=1S/C19H14ClF3N6O3/c1-28(2)14-6-12(26-27-17(14)30)8-29-9-25-16(19(21,22)23)15(18(29)31)32-13-4-10(7-24)3-11(20)5-13/h3-6,9,14H,8H2,1-2H3. The van der Waals surface area contributed by atoms with Gasteiger partial charge in [0.05, 0.1) is 30.2 Å². The number of carbonyl (C=O) groups excluding carboxylic acids is 1. The fourth-order valence-electron chi connectivity index (χ4n) is 2.77. The molecule has 13 heteroatoms. The van der Waals surface area contributed by atoms with E-state index in [4.69, 9.17) is 21.6 Å². The summed E-state index contributed by atoms with van der Waals surface area (Å²) >= 11 is 5.86. The normalized spacial score (nSPS) is 16.1. The summed E-state index contributed by atoms with van der Waals surface area (Å²) in [7, 11) is 3.27. The van der Waals surface area contributed by atoms with Crippen molar-refractivity contribution in [3.05, 3.63) is 62.9 Å². The molecule has 1 amide bonds. The Hall–Kier alpha value is -3.56. The number of nitriles is 1. The maximum absolute atomic E-state index is 13.5. The maximum atomic E-state index is 13.5. The number of aromatic nitrogens is 2. The van der Waals surface area contributed by atoms with Crippen LogP contribution < -0.4 is 10.3 Å². The molecule has 1 aromatic carbocycles. The number of hydrogen-bond donors (Lipinski definition) is 0. The van der Waals surface area contributed by atoms with Crippen molar-refractivity contribution < 1.29 is 22.7 Å². The molecular weight excluding hydrogens is 453 g/mol. The van der Waals surface area contributed by atoms with Crippen molar-refractivity contribution in [3.8, 4) is 17.6 Å². The maximum Gasteiger partial charge on any atom is 0.437 e. The number of alkyl halides is 3. The Balaban J connectivity index is 2.04. The number of halogens is 4. The van der Waals surface area contributed by atoms with Gasteiger partial charge in [-0.2, -0.15) is 23.5 Å². The zero-order chi connectivity index (χ0) is 23.6. The lowest BCUT2D eigenvalue weighted by Crippen LogP contribution is -2.35. The fraction of sp³-hybridized carbons (Fsp3) is 0.263. The van der Waals surface area contributed by atoms with Crippen LogP contribution in [0.1, 0.15) is 11.3 Å². The number of benzene rings is 1. The van der Waals surface area contributed by atoms with Crippen LogP contribution in [0.5, 0.6) is 11.5 Å². The van der Waals surface area contributed by atoms with E-state index in [1.807, 2.05) is 0 Å². The van der Waals surface area contributed by atoms with E-state index in [1.54, 1.807) is 25.1 Å². The Morgan fingerprint density at radius 1 is 1.25 bits per heavy atom. The van der Waals surface area contributed by atoms with Gasteiger partial charge >= 0.3 is 6.18 Å². The van der Waals surface area contributed by atoms with Crippen LogP contribution in [0, 0.1) is 11.3 Å². The van der Waals surface area contributed by atoms with E-state index in [9.17, 15) is 22.8 Å². The van der Waals surface area contributed by atoms with Crippen LogP contribution in [0.3, 0.4) is 0 Å². The van der Waals surface area contributed by atoms with Crippen LogP contribution in [0.25, 0.3) is 0 Å². The minimum Gasteiger partial charge on any atom is -0.449 e. The number of ether oxygens (including phenoxy) is 1. The predicted octanol–water partition coefficient (Wildman–Crippen LogP) is 3.39. The van der Waals surface area contributed by atoms with Crippen molar-refractivity contribution in [1.82, 2.24) is 14.5 Å². The van der Waals surface area contributed by atoms with Crippen LogP contribution in [-0.4, -0.2) is 40.5 Å². The molecule has 2 heterocycles. The number of amides is 1. The van der Waals surface area contributed by atoms with Crippen LogP contribution in [-0.2, 0) is 17.5 Å². The predicted molar refractivity (Wildman–Crippen MR) is 105 cm³/mol. The number of azo groups is 1. The van der Waals surface area contributed by atoms with E-state index in [-0.39, 0.29) is 28.6 Å². The van der Waals surface area contributed by atoms with Gasteiger partial charge in [0.1, 0.15) is 11.8 Å². The van der Waals surface area contributed by atoms with Crippen molar-refractivity contribution in [2.45, 2.75) is 18.8 Å². The molecule has 0 bridgehead atoms. The molecule has 166 valence electrons. The molecule has 1 aromatic heterocycles. The van der Waals surface area contributed by atoms with Gasteiger partial charge in [-0.05, 0) is 38.4 Å². The van der Waals surface area contributed by atoms with Gasteiger partial charge < -0.3 is 4.74 Å². The molecule has 0 saturated carbocycles. The molecule has 0 fully saturated rings. The monoisotopic (exact) mass is 466 g/mol. The van der Waals surface area contributed by atoms with Crippen LogP contribution in [0.4, 0.5) is 13.2 Å². The largest absolute Gasteiger partial charge is 0.449 e. The lowest BCUT2D eigenvalue weighted by Gasteiger charge is -2.20. The average Bonchev–Trinajstić information content (AvgIpc) is 2.70. The fourth-order valence-corrected chi connectivity index (χ4v) is 2.99. The van der Waals surface area contributed by atoms with Gasteiger partial charge in [0.2, 0.25) is 5.75 Å². The van der Waals surface area contributed by atoms with E-state index in [1.165, 1.54) is 12.1 Å². The Labute approximate surface area is 184 Å². The number of carbonyl (C=O) groups is 1. The highest BCUT2D eigenvalue weighted by Crippen LogP contribution is 2.35. The van der Waals surface area contributed by atoms with Crippen molar-refractivity contribution in [2.24, 2.45) is 10.2 Å². The topological polar surface area (TPSA) is 113 Å². The second-order valence-electron chi connectivity index (χ2n) is 6.85. The van der Waals surface area contributed by atoms with Gasteiger partial charge in [0.25, 0.3) is 11.5 Å². The van der Waals surface area contributed by atoms with E-state index < -0.39 is 35.1 Å². The summed E-state index contributed by atoms with van der Waals surface area (Å²) in [4.78, 5) is 29.6. The third-order valence-corrected chi connectivity index (χ3v) is 4.47. The van der Waals surface area contributed by atoms with E-state index in [2.05, 4.69) is 15.2 Å². The molecule has 9 nitrogen and oxygen atoms in total. The van der Waals surface area contributed by atoms with E-state index >= 15 is 0 Å². The first-order valence-corrected chi connectivity index (χ1v) is 9.25. The molecule has 0 N–H and O–H groups in total. The third-order valence-electron chi connectivity index (χ3n) is 4.25. The summed E-state index contributed by atoms with van der Waals surface area (Å²) in [6.07, 6.45) is -2.85. The molecule has 3 rings (SSSR count). The minimum absolute atomic E-state index is 0.0254. The summed E-state index contributed by atoms with van der Waals surface area (Å²) < 4.78 is 46.5. The molecule has 0 spiro atoms. The van der Waals surface area contributed by atoms with E-state index in [0.717, 1.165) is 16.7 Å². The first kappa shape index (κ1) is 23.1. The number of allylic oxidation sites excluding steroid dienone is 1. The second-order valence-corrected chi connectivity index (χ2v) is 7.28. The highest BCUT2D eigenvalue weighted by atomic mass is 35.5. The van der Waals surface area contributed by atoms with Gasteiger partial charge in [0.15, 0.2) is 5.69 Å². The summed E-state index contributed by atoms with van der Waals surface area (Å²) in [6.45, 7) is -0.305. The summed E-state index contributed by atoms with van der Waals surface area (Å²) in [5, 5.41) is 16.3. The molecule has 0 saturated heterocycles. The van der Waals surface area contributed by atoms with Gasteiger partial charge in [-0.1, -0.05) is 11.6 Å². The molecule has 0 aliphatic carbocycles. The zero-order valence-electron chi connectivity index (χ0n) is 16.6. The zero-order valence-corrected chi connectivity index (χ0v) is 17.3. The van der Waals surface area contributed by atoms with Gasteiger partial charge in [-0.3, -0.25) is 19.1 Å². The summed E-state index contributed by atoms with van der Waals surface area (Å²) in [6, 6.07) is 4.63. The highest BCUT2D eigenvalue weighted by molar-refractivity contribution is 6.30. The first-order valence-electron chi connectivity index (χ1n) is 8.87. The van der Waals surface area contributed by atoms with Crippen LogP contribution >= 0.6 is 11.6 Å². The summed E-state index contributed by atoms with van der Waals surface area (Å²) in [5.41, 5.74) is -2.50. The van der Waals surface area contributed by atoms with Gasteiger partial charge in [-0.15, -0.1) is 5.11 Å².